The van der Waals surface area contributed by atoms with Crippen LogP contribution < -0.4 is 10.6 Å². The molecule has 0 unspecified atom stereocenters. The molecule has 1 aliphatic rings. The van der Waals surface area contributed by atoms with E-state index >= 15 is 0 Å². The second-order valence-corrected chi connectivity index (χ2v) is 3.85. The molecule has 22 heavy (non-hydrogen) atoms. The first-order chi connectivity index (χ1) is 10.4. The SMILES string of the molecule is C=C1C=CC(NC(=O)C=CC(=O)O)=COC(=O)C=CC(=O)N1. The quantitative estimate of drug-likeness (QED) is 0.494. The van der Waals surface area contributed by atoms with Gasteiger partial charge in [-0.2, -0.15) is 0 Å². The standard InChI is InChI=1S/C14H12N2O6/c1-9-2-3-10(16-12(18)4-6-13(19)20)8-22-14(21)7-5-11(17)15-9/h2-8H,1H2,(H,15,17)(H,16,18)(H,19,20). The van der Waals surface area contributed by atoms with Gasteiger partial charge in [-0.05, 0) is 12.2 Å². The average molecular weight is 304 g/mol. The van der Waals surface area contributed by atoms with Crippen LogP contribution in [0.1, 0.15) is 0 Å². The van der Waals surface area contributed by atoms with Crippen molar-refractivity contribution in [3.05, 3.63) is 60.7 Å². The van der Waals surface area contributed by atoms with Gasteiger partial charge in [-0.15, -0.1) is 0 Å². The number of carbonyl (C=O) groups excluding carboxylic acids is 3. The van der Waals surface area contributed by atoms with E-state index in [1.54, 1.807) is 0 Å². The van der Waals surface area contributed by atoms with Gasteiger partial charge >= 0.3 is 11.9 Å². The number of carboxylic acid groups (broad SMARTS) is 1. The Morgan fingerprint density at radius 1 is 1.18 bits per heavy atom. The fraction of sp³-hybridized carbons (Fsp3) is 0. The summed E-state index contributed by atoms with van der Waals surface area (Å²) in [5, 5.41) is 13.1. The molecule has 1 rings (SSSR count). The van der Waals surface area contributed by atoms with Crippen molar-refractivity contribution < 1.29 is 29.0 Å². The van der Waals surface area contributed by atoms with Crippen molar-refractivity contribution >= 4 is 23.8 Å². The Hall–Kier alpha value is -3.42. The predicted octanol–water partition coefficient (Wildman–Crippen LogP) is -0.116. The Bertz CT molecular complexity index is 640. The number of nitrogens with one attached hydrogen (secondary N) is 2. The van der Waals surface area contributed by atoms with Gasteiger partial charge in [0.25, 0.3) is 0 Å². The van der Waals surface area contributed by atoms with Crippen LogP contribution in [-0.4, -0.2) is 28.9 Å². The zero-order chi connectivity index (χ0) is 16.5. The number of amides is 2. The van der Waals surface area contributed by atoms with Crippen molar-refractivity contribution in [2.75, 3.05) is 0 Å². The summed E-state index contributed by atoms with van der Waals surface area (Å²) in [4.78, 5) is 44.4. The third kappa shape index (κ3) is 6.66. The van der Waals surface area contributed by atoms with Gasteiger partial charge in [-0.1, -0.05) is 6.58 Å². The molecule has 0 saturated carbocycles. The van der Waals surface area contributed by atoms with Crippen LogP contribution in [0.5, 0.6) is 0 Å². The van der Waals surface area contributed by atoms with Gasteiger partial charge in [0.1, 0.15) is 6.26 Å². The molecule has 0 aromatic heterocycles. The molecule has 0 aromatic carbocycles. The van der Waals surface area contributed by atoms with E-state index in [9.17, 15) is 19.2 Å². The lowest BCUT2D eigenvalue weighted by Gasteiger charge is -2.03. The highest BCUT2D eigenvalue weighted by Crippen LogP contribution is 2.00. The molecule has 0 spiro atoms. The van der Waals surface area contributed by atoms with Gasteiger partial charge in [0.2, 0.25) is 11.8 Å². The molecule has 0 aliphatic carbocycles. The molecule has 0 saturated heterocycles. The van der Waals surface area contributed by atoms with Crippen molar-refractivity contribution in [3.63, 3.8) is 0 Å². The van der Waals surface area contributed by atoms with Crippen LogP contribution in [0.3, 0.4) is 0 Å². The molecule has 8 nitrogen and oxygen atoms in total. The Morgan fingerprint density at radius 2 is 1.91 bits per heavy atom. The van der Waals surface area contributed by atoms with Crippen molar-refractivity contribution in [2.24, 2.45) is 0 Å². The summed E-state index contributed by atoms with van der Waals surface area (Å²) in [7, 11) is 0. The molecule has 2 amide bonds. The summed E-state index contributed by atoms with van der Waals surface area (Å²) in [6, 6.07) is 0. The number of carbonyl (C=O) groups is 4. The number of cyclic esters (lactones) is 1. The molecular formula is C14H12N2O6. The van der Waals surface area contributed by atoms with Crippen LogP contribution >= 0.6 is 0 Å². The molecule has 114 valence electrons. The van der Waals surface area contributed by atoms with Crippen molar-refractivity contribution in [1.29, 1.82) is 0 Å². The first-order valence-corrected chi connectivity index (χ1v) is 5.85. The van der Waals surface area contributed by atoms with Crippen LogP contribution in [0.2, 0.25) is 0 Å². The minimum atomic E-state index is -1.28. The van der Waals surface area contributed by atoms with Gasteiger partial charge < -0.3 is 20.5 Å². The maximum absolute atomic E-state index is 11.5. The number of hydrogen-bond acceptors (Lipinski definition) is 5. The molecule has 0 radical (unpaired) electrons. The van der Waals surface area contributed by atoms with E-state index in [-0.39, 0.29) is 11.4 Å². The molecule has 0 bridgehead atoms. The number of hydrogen-bond donors (Lipinski definition) is 3. The van der Waals surface area contributed by atoms with Gasteiger partial charge in [0.05, 0.1) is 5.70 Å². The number of allylic oxidation sites excluding steroid dienone is 2. The Kier molecular flexibility index (Phi) is 6.05. The van der Waals surface area contributed by atoms with E-state index in [1.807, 2.05) is 0 Å². The molecule has 1 heterocycles. The van der Waals surface area contributed by atoms with Crippen LogP contribution in [0.4, 0.5) is 0 Å². The highest BCUT2D eigenvalue weighted by molar-refractivity contribution is 5.96. The molecule has 3 N–H and O–H groups in total. The fourth-order valence-corrected chi connectivity index (χ4v) is 1.18. The van der Waals surface area contributed by atoms with Crippen molar-refractivity contribution in [3.8, 4) is 0 Å². The van der Waals surface area contributed by atoms with Gasteiger partial charge in [-0.3, -0.25) is 9.59 Å². The number of aliphatic carboxylic acids is 1. The molecule has 8 heteroatoms. The predicted molar refractivity (Wildman–Crippen MR) is 74.7 cm³/mol. The van der Waals surface area contributed by atoms with E-state index in [2.05, 4.69) is 17.2 Å². The monoisotopic (exact) mass is 304 g/mol. The minimum absolute atomic E-state index is 0.0547. The number of rotatable bonds is 3. The maximum atomic E-state index is 11.5. The Labute approximate surface area is 125 Å². The lowest BCUT2D eigenvalue weighted by molar-refractivity contribution is -0.133. The van der Waals surface area contributed by atoms with Crippen molar-refractivity contribution in [2.45, 2.75) is 0 Å². The van der Waals surface area contributed by atoms with Gasteiger partial charge in [0.15, 0.2) is 0 Å². The van der Waals surface area contributed by atoms with Crippen LogP contribution in [-0.2, 0) is 23.9 Å². The van der Waals surface area contributed by atoms with Gasteiger partial charge in [-0.25, -0.2) is 9.59 Å². The van der Waals surface area contributed by atoms with E-state index in [0.29, 0.717) is 6.08 Å². The van der Waals surface area contributed by atoms with Crippen LogP contribution in [0.25, 0.3) is 0 Å². The topological polar surface area (TPSA) is 122 Å². The normalized spacial score (nSPS) is 15.6. The summed E-state index contributed by atoms with van der Waals surface area (Å²) in [5.41, 5.74) is 0.268. The second-order valence-electron chi connectivity index (χ2n) is 3.85. The average Bonchev–Trinajstić information content (AvgIpc) is 2.47. The van der Waals surface area contributed by atoms with Crippen molar-refractivity contribution in [1.82, 2.24) is 10.6 Å². The third-order valence-electron chi connectivity index (χ3n) is 2.07. The summed E-state index contributed by atoms with van der Waals surface area (Å²) in [6.45, 7) is 3.55. The molecule has 0 aromatic rings. The largest absolute Gasteiger partial charge is 0.478 e. The highest BCUT2D eigenvalue weighted by Gasteiger charge is 2.05. The lowest BCUT2D eigenvalue weighted by atomic mass is 10.3. The first-order valence-electron chi connectivity index (χ1n) is 5.85. The second kappa shape index (κ2) is 8.00. The van der Waals surface area contributed by atoms with Gasteiger partial charge in [0, 0.05) is 30.0 Å². The smallest absolute Gasteiger partial charge is 0.335 e. The number of carboxylic acids is 1. The Balaban J connectivity index is 2.90. The molecular weight excluding hydrogens is 292 g/mol. The minimum Gasteiger partial charge on any atom is -0.478 e. The summed E-state index contributed by atoms with van der Waals surface area (Å²) in [5.74, 6) is -3.42. The van der Waals surface area contributed by atoms with E-state index in [4.69, 9.17) is 9.84 Å². The zero-order valence-electron chi connectivity index (χ0n) is 11.2. The van der Waals surface area contributed by atoms with Crippen LogP contribution in [0.15, 0.2) is 60.7 Å². The lowest BCUT2D eigenvalue weighted by Crippen LogP contribution is -2.20. The third-order valence-corrected chi connectivity index (χ3v) is 2.07. The first kappa shape index (κ1) is 16.6. The fourth-order valence-electron chi connectivity index (χ4n) is 1.18. The molecule has 0 fully saturated rings. The highest BCUT2D eigenvalue weighted by atomic mass is 16.5. The van der Waals surface area contributed by atoms with E-state index in [1.165, 1.54) is 12.2 Å². The van der Waals surface area contributed by atoms with E-state index in [0.717, 1.165) is 24.5 Å². The zero-order valence-corrected chi connectivity index (χ0v) is 11.2. The summed E-state index contributed by atoms with van der Waals surface area (Å²) < 4.78 is 4.69. The maximum Gasteiger partial charge on any atom is 0.335 e. The number of esters is 1. The summed E-state index contributed by atoms with van der Waals surface area (Å²) >= 11 is 0. The summed E-state index contributed by atoms with van der Waals surface area (Å²) in [6.07, 6.45) is 6.92. The van der Waals surface area contributed by atoms with Crippen LogP contribution in [0, 0.1) is 0 Å². The molecule has 0 atom stereocenters. The number of ether oxygens (including phenoxy) is 1. The Morgan fingerprint density at radius 3 is 2.59 bits per heavy atom. The van der Waals surface area contributed by atoms with E-state index < -0.39 is 23.8 Å². The molecule has 1 aliphatic heterocycles.